The van der Waals surface area contributed by atoms with Crippen molar-refractivity contribution in [2.75, 3.05) is 13.2 Å². The lowest BCUT2D eigenvalue weighted by atomic mass is 10.1. The van der Waals surface area contributed by atoms with Gasteiger partial charge in [-0.1, -0.05) is 155 Å². The molecule has 0 aliphatic heterocycles. The topological polar surface area (TPSA) is 161 Å². The summed E-state index contributed by atoms with van der Waals surface area (Å²) < 4.78 is 33.7. The molecule has 75 heavy (non-hydrogen) atoms. The molecule has 0 saturated carbocycles. The molecule has 1 N–H and O–H groups in total. The predicted octanol–water partition coefficient (Wildman–Crippen LogP) is 16.4. The monoisotopic (exact) mass is 1030 g/mol. The number of rotatable bonds is 37. The first-order valence-corrected chi connectivity index (χ1v) is 27.5. The van der Waals surface area contributed by atoms with Crippen molar-refractivity contribution in [2.24, 2.45) is 0 Å². The van der Waals surface area contributed by atoms with Gasteiger partial charge in [-0.15, -0.1) is 0 Å². The van der Waals surface area contributed by atoms with E-state index in [-0.39, 0.29) is 39.7 Å². The van der Waals surface area contributed by atoms with Crippen LogP contribution in [0, 0.1) is 0 Å². The fraction of sp³-hybridized carbons (Fsp3) is 0.444. The van der Waals surface area contributed by atoms with Gasteiger partial charge in [0.1, 0.15) is 34.5 Å². The molecule has 5 aromatic carbocycles. The lowest BCUT2D eigenvalue weighted by Gasteiger charge is -2.10. The third-order valence-corrected chi connectivity index (χ3v) is 12.9. The molecule has 0 atom stereocenters. The van der Waals surface area contributed by atoms with Gasteiger partial charge >= 0.3 is 29.8 Å². The average molecular weight is 1030 g/mol. The van der Waals surface area contributed by atoms with Crippen LogP contribution in [0.2, 0.25) is 0 Å². The highest BCUT2D eigenvalue weighted by Crippen LogP contribution is 2.27. The van der Waals surface area contributed by atoms with Gasteiger partial charge in [-0.05, 0) is 122 Å². The summed E-state index contributed by atoms with van der Waals surface area (Å²) in [5.41, 5.74) is 0.511. The summed E-state index contributed by atoms with van der Waals surface area (Å²) in [5.74, 6) is -2.88. The predicted molar refractivity (Wildman–Crippen MR) is 292 cm³/mol. The van der Waals surface area contributed by atoms with Crippen LogP contribution in [0.15, 0.2) is 115 Å². The minimum Gasteiger partial charge on any atom is -0.494 e. The van der Waals surface area contributed by atoms with E-state index < -0.39 is 29.8 Å². The van der Waals surface area contributed by atoms with Crippen molar-refractivity contribution in [1.82, 2.24) is 0 Å². The third-order valence-electron chi connectivity index (χ3n) is 12.9. The number of carbonyl (C=O) groups is 5. The molecule has 0 heterocycles. The molecule has 0 saturated heterocycles. The van der Waals surface area contributed by atoms with Crippen LogP contribution in [0.4, 0.5) is 0 Å². The molecule has 5 aromatic rings. The van der Waals surface area contributed by atoms with Gasteiger partial charge in [0.15, 0.2) is 0 Å². The molecule has 0 amide bonds. The van der Waals surface area contributed by atoms with Gasteiger partial charge in [-0.3, -0.25) is 0 Å². The van der Waals surface area contributed by atoms with E-state index in [4.69, 9.17) is 28.4 Å². The van der Waals surface area contributed by atoms with Crippen molar-refractivity contribution in [3.05, 3.63) is 143 Å². The SMILES string of the molecule is CCCCCCCCCCCCCCOc1ccc(C(=O)Oc2ccc(C(=O)Oc3cc(OC(=O)c4ccc(OC(=O)c5ccc(OCCCCCCCCCCCCCC)cc5)cc4)cc(C(=O)O)c3)cc2)cc1. The Morgan fingerprint density at radius 3 is 0.800 bits per heavy atom. The Bertz CT molecular complexity index is 2300. The Morgan fingerprint density at radius 1 is 0.293 bits per heavy atom. The summed E-state index contributed by atoms with van der Waals surface area (Å²) in [6.45, 7) is 5.72. The Morgan fingerprint density at radius 2 is 0.533 bits per heavy atom. The lowest BCUT2D eigenvalue weighted by Crippen LogP contribution is -2.12. The van der Waals surface area contributed by atoms with Crippen LogP contribution in [-0.4, -0.2) is 48.2 Å². The van der Waals surface area contributed by atoms with Crippen LogP contribution in [0.5, 0.6) is 34.5 Å². The number of benzene rings is 5. The summed E-state index contributed by atoms with van der Waals surface area (Å²) in [6.07, 6.45) is 30.5. The van der Waals surface area contributed by atoms with Gasteiger partial charge in [0.25, 0.3) is 0 Å². The highest BCUT2D eigenvalue weighted by molar-refractivity contribution is 5.95. The zero-order chi connectivity index (χ0) is 53.3. The normalized spacial score (nSPS) is 10.9. The molecule has 0 aromatic heterocycles. The van der Waals surface area contributed by atoms with E-state index in [1.165, 1.54) is 183 Å². The first kappa shape index (κ1) is 58.9. The number of carboxylic acids is 1. The largest absolute Gasteiger partial charge is 0.494 e. The Balaban J connectivity index is 0.998. The smallest absolute Gasteiger partial charge is 0.343 e. The fourth-order valence-corrected chi connectivity index (χ4v) is 8.44. The molecule has 0 spiro atoms. The molecule has 402 valence electrons. The summed E-state index contributed by atoms with van der Waals surface area (Å²) in [5, 5.41) is 9.77. The minimum absolute atomic E-state index is 0.0794. The van der Waals surface area contributed by atoms with E-state index in [9.17, 15) is 29.1 Å². The van der Waals surface area contributed by atoms with Crippen LogP contribution >= 0.6 is 0 Å². The van der Waals surface area contributed by atoms with E-state index in [0.29, 0.717) is 35.8 Å². The van der Waals surface area contributed by atoms with Gasteiger partial charge < -0.3 is 33.5 Å². The maximum absolute atomic E-state index is 13.1. The summed E-state index contributed by atoms with van der Waals surface area (Å²) in [7, 11) is 0. The summed E-state index contributed by atoms with van der Waals surface area (Å²) in [6, 6.07) is 28.2. The van der Waals surface area contributed by atoms with Crippen LogP contribution in [-0.2, 0) is 0 Å². The van der Waals surface area contributed by atoms with Crippen molar-refractivity contribution in [3.8, 4) is 34.5 Å². The quantitative estimate of drug-likeness (QED) is 0.0228. The number of aromatic carboxylic acids is 1. The van der Waals surface area contributed by atoms with E-state index in [1.54, 1.807) is 48.5 Å². The molecule has 0 bridgehead atoms. The highest BCUT2D eigenvalue weighted by atomic mass is 16.6. The fourth-order valence-electron chi connectivity index (χ4n) is 8.44. The molecular formula is C63H78O12. The van der Waals surface area contributed by atoms with E-state index >= 15 is 0 Å². The third kappa shape index (κ3) is 23.0. The van der Waals surface area contributed by atoms with Crippen LogP contribution in [0.1, 0.15) is 220 Å². The number of carboxylic acid groups (broad SMARTS) is 1. The maximum Gasteiger partial charge on any atom is 0.343 e. The molecule has 0 aliphatic rings. The first-order chi connectivity index (χ1) is 36.6. The summed E-state index contributed by atoms with van der Waals surface area (Å²) in [4.78, 5) is 64.0. The minimum atomic E-state index is -1.35. The Labute approximate surface area is 444 Å². The van der Waals surface area contributed by atoms with Gasteiger partial charge in [-0.2, -0.15) is 0 Å². The Kier molecular flexibility index (Phi) is 27.1. The number of carbonyl (C=O) groups excluding carboxylic acids is 4. The number of ether oxygens (including phenoxy) is 6. The van der Waals surface area contributed by atoms with E-state index in [1.807, 2.05) is 0 Å². The molecule has 0 aliphatic carbocycles. The van der Waals surface area contributed by atoms with Crippen LogP contribution in [0.25, 0.3) is 0 Å². The zero-order valence-electron chi connectivity index (χ0n) is 44.3. The average Bonchev–Trinajstić information content (AvgIpc) is 3.42. The highest BCUT2D eigenvalue weighted by Gasteiger charge is 2.18. The maximum atomic E-state index is 13.1. The van der Waals surface area contributed by atoms with Gasteiger partial charge in [0, 0.05) is 6.07 Å². The van der Waals surface area contributed by atoms with Crippen LogP contribution in [0.3, 0.4) is 0 Å². The molecule has 5 rings (SSSR count). The number of hydrogen-bond donors (Lipinski definition) is 1. The van der Waals surface area contributed by atoms with Gasteiger partial charge in [-0.25, -0.2) is 24.0 Å². The van der Waals surface area contributed by atoms with E-state index in [0.717, 1.165) is 37.8 Å². The second-order valence-electron chi connectivity index (χ2n) is 19.1. The molecule has 12 nitrogen and oxygen atoms in total. The number of unbranched alkanes of at least 4 members (excludes halogenated alkanes) is 22. The second kappa shape index (κ2) is 34.5. The number of esters is 4. The zero-order valence-corrected chi connectivity index (χ0v) is 44.3. The van der Waals surface area contributed by atoms with Gasteiger partial charge in [0.2, 0.25) is 0 Å². The Hall–Kier alpha value is -6.95. The van der Waals surface area contributed by atoms with E-state index in [2.05, 4.69) is 13.8 Å². The molecule has 0 radical (unpaired) electrons. The number of hydrogen-bond acceptors (Lipinski definition) is 11. The summed E-state index contributed by atoms with van der Waals surface area (Å²) >= 11 is 0. The molecule has 12 heteroatoms. The molecule has 0 unspecified atom stereocenters. The lowest BCUT2D eigenvalue weighted by molar-refractivity contribution is 0.0679. The van der Waals surface area contributed by atoms with Gasteiger partial charge in [0.05, 0.1) is 41.0 Å². The molecule has 0 fully saturated rings. The standard InChI is InChI=1S/C63H78O12/c1-3-5-7-9-11-13-15-17-19-21-23-25-43-70-53-35-27-48(28-36-53)60(66)72-55-39-31-50(32-40-55)62(68)74-57-45-52(59(64)65)46-58(47-57)75-63(69)51-33-41-56(42-34-51)73-61(67)49-29-37-54(38-30-49)71-44-26-24-22-20-18-16-14-12-10-8-6-4-2/h27-42,45-47H,3-26,43-44H2,1-2H3,(H,64,65). The van der Waals surface area contributed by atoms with Crippen molar-refractivity contribution in [2.45, 2.75) is 168 Å². The van der Waals surface area contributed by atoms with Crippen molar-refractivity contribution < 1.29 is 57.5 Å². The van der Waals surface area contributed by atoms with Crippen molar-refractivity contribution in [1.29, 1.82) is 0 Å². The van der Waals surface area contributed by atoms with Crippen LogP contribution < -0.4 is 28.4 Å². The van der Waals surface area contributed by atoms with Crippen molar-refractivity contribution in [3.63, 3.8) is 0 Å². The second-order valence-corrected chi connectivity index (χ2v) is 19.1. The molecular weight excluding hydrogens is 949 g/mol. The van der Waals surface area contributed by atoms with Crippen molar-refractivity contribution >= 4 is 29.8 Å². The first-order valence-electron chi connectivity index (χ1n) is 27.5.